The van der Waals surface area contributed by atoms with Gasteiger partial charge in [-0.05, 0) is 37.0 Å². The first-order valence-electron chi connectivity index (χ1n) is 6.26. The molecule has 2 rings (SSSR count). The van der Waals surface area contributed by atoms with Crippen LogP contribution in [-0.4, -0.2) is 4.98 Å². The Kier molecular flexibility index (Phi) is 3.26. The zero-order valence-electron chi connectivity index (χ0n) is 11.5. The van der Waals surface area contributed by atoms with Crippen LogP contribution in [0.4, 0.5) is 5.69 Å². The van der Waals surface area contributed by atoms with E-state index >= 15 is 0 Å². The van der Waals surface area contributed by atoms with Gasteiger partial charge in [0.25, 0.3) is 0 Å². The summed E-state index contributed by atoms with van der Waals surface area (Å²) in [6.45, 7) is 8.69. The van der Waals surface area contributed by atoms with Crippen LogP contribution in [0.25, 0.3) is 10.9 Å². The zero-order chi connectivity index (χ0) is 13.3. The normalized spacial score (nSPS) is 11.8. The monoisotopic (exact) mass is 243 g/mol. The van der Waals surface area contributed by atoms with Gasteiger partial charge in [-0.3, -0.25) is 10.8 Å². The molecular formula is C15H21N3. The molecule has 0 amide bonds. The van der Waals surface area contributed by atoms with Crippen molar-refractivity contribution in [3.8, 4) is 0 Å². The molecule has 2 aromatic rings. The van der Waals surface area contributed by atoms with Crippen LogP contribution < -0.4 is 11.3 Å². The lowest BCUT2D eigenvalue weighted by molar-refractivity contribution is 0.407. The van der Waals surface area contributed by atoms with Gasteiger partial charge in [-0.1, -0.05) is 32.4 Å². The molecule has 0 radical (unpaired) electrons. The van der Waals surface area contributed by atoms with Crippen molar-refractivity contribution in [3.05, 3.63) is 35.5 Å². The summed E-state index contributed by atoms with van der Waals surface area (Å²) >= 11 is 0. The van der Waals surface area contributed by atoms with Crippen LogP contribution >= 0.6 is 0 Å². The number of aryl methyl sites for hydroxylation is 1. The molecule has 1 aromatic carbocycles. The maximum absolute atomic E-state index is 5.61. The Balaban J connectivity index is 2.55. The summed E-state index contributed by atoms with van der Waals surface area (Å²) in [5.41, 5.74) is 7.17. The molecular weight excluding hydrogens is 222 g/mol. The largest absolute Gasteiger partial charge is 0.322 e. The molecule has 0 aliphatic heterocycles. The zero-order valence-corrected chi connectivity index (χ0v) is 11.5. The number of rotatable bonds is 2. The van der Waals surface area contributed by atoms with E-state index < -0.39 is 0 Å². The lowest BCUT2D eigenvalue weighted by Crippen LogP contribution is -2.16. The predicted molar refractivity (Wildman–Crippen MR) is 77.4 cm³/mol. The molecule has 1 aromatic heterocycles. The molecule has 3 nitrogen and oxygen atoms in total. The summed E-state index contributed by atoms with van der Waals surface area (Å²) in [5.74, 6) is 5.61. The Labute approximate surface area is 108 Å². The van der Waals surface area contributed by atoms with Gasteiger partial charge in [0.2, 0.25) is 0 Å². The number of nitrogen functional groups attached to an aromatic ring is 1. The van der Waals surface area contributed by atoms with Crippen LogP contribution in [0.3, 0.4) is 0 Å². The quantitative estimate of drug-likeness (QED) is 0.627. The molecule has 0 saturated heterocycles. The van der Waals surface area contributed by atoms with Crippen molar-refractivity contribution in [2.24, 2.45) is 11.3 Å². The summed E-state index contributed by atoms with van der Waals surface area (Å²) < 4.78 is 0. The molecule has 3 heteroatoms. The van der Waals surface area contributed by atoms with E-state index in [-0.39, 0.29) is 5.41 Å². The molecule has 1 heterocycles. The second-order valence-corrected chi connectivity index (χ2v) is 6.06. The summed E-state index contributed by atoms with van der Waals surface area (Å²) in [6.07, 6.45) is 0.899. The van der Waals surface area contributed by atoms with E-state index in [1.807, 2.05) is 0 Å². The summed E-state index contributed by atoms with van der Waals surface area (Å²) in [6, 6.07) is 8.36. The van der Waals surface area contributed by atoms with Crippen LogP contribution in [0, 0.1) is 12.3 Å². The highest BCUT2D eigenvalue weighted by Crippen LogP contribution is 2.27. The minimum Gasteiger partial charge on any atom is -0.322 e. The van der Waals surface area contributed by atoms with Crippen molar-refractivity contribution >= 4 is 16.6 Å². The van der Waals surface area contributed by atoms with Crippen molar-refractivity contribution in [1.29, 1.82) is 0 Å². The minimum absolute atomic E-state index is 0.191. The third-order valence-electron chi connectivity index (χ3n) is 2.90. The first-order valence-corrected chi connectivity index (χ1v) is 6.26. The van der Waals surface area contributed by atoms with Gasteiger partial charge in [-0.15, -0.1) is 0 Å². The number of aromatic nitrogens is 1. The van der Waals surface area contributed by atoms with Gasteiger partial charge in [0, 0.05) is 5.39 Å². The number of anilines is 1. The number of pyridine rings is 1. The lowest BCUT2D eigenvalue weighted by atomic mass is 9.89. The Hall–Kier alpha value is -1.61. The first-order chi connectivity index (χ1) is 8.39. The van der Waals surface area contributed by atoms with E-state index in [1.165, 1.54) is 5.56 Å². The van der Waals surface area contributed by atoms with Gasteiger partial charge in [-0.25, -0.2) is 0 Å². The Morgan fingerprint density at radius 2 is 1.94 bits per heavy atom. The van der Waals surface area contributed by atoms with Crippen molar-refractivity contribution < 1.29 is 0 Å². The standard InChI is InChI=1S/C15H21N3/c1-10-5-6-12-11(7-10)8-13(18-16)14(17-12)9-15(2,3)4/h5-8,18H,9,16H2,1-4H3. The smallest absolute Gasteiger partial charge is 0.0708 e. The third kappa shape index (κ3) is 2.79. The van der Waals surface area contributed by atoms with Crippen LogP contribution in [0.5, 0.6) is 0 Å². The highest BCUT2D eigenvalue weighted by molar-refractivity contribution is 5.83. The number of nitrogens with two attached hydrogens (primary N) is 1. The van der Waals surface area contributed by atoms with Crippen LogP contribution in [0.15, 0.2) is 24.3 Å². The molecule has 0 atom stereocenters. The van der Waals surface area contributed by atoms with Crippen LogP contribution in [-0.2, 0) is 6.42 Å². The van der Waals surface area contributed by atoms with E-state index in [4.69, 9.17) is 10.8 Å². The summed E-state index contributed by atoms with van der Waals surface area (Å²) in [7, 11) is 0. The van der Waals surface area contributed by atoms with E-state index in [1.54, 1.807) is 0 Å². The third-order valence-corrected chi connectivity index (χ3v) is 2.90. The van der Waals surface area contributed by atoms with Gasteiger partial charge in [0.1, 0.15) is 0 Å². The highest BCUT2D eigenvalue weighted by atomic mass is 15.2. The number of hydrogen-bond donors (Lipinski definition) is 2. The topological polar surface area (TPSA) is 50.9 Å². The average molecular weight is 243 g/mol. The van der Waals surface area contributed by atoms with E-state index in [2.05, 4.69) is 57.4 Å². The van der Waals surface area contributed by atoms with Crippen molar-refractivity contribution in [2.75, 3.05) is 5.43 Å². The van der Waals surface area contributed by atoms with Crippen molar-refractivity contribution in [2.45, 2.75) is 34.1 Å². The minimum atomic E-state index is 0.191. The van der Waals surface area contributed by atoms with Crippen molar-refractivity contribution in [1.82, 2.24) is 4.98 Å². The molecule has 3 N–H and O–H groups in total. The summed E-state index contributed by atoms with van der Waals surface area (Å²) in [4.78, 5) is 4.73. The van der Waals surface area contributed by atoms with Gasteiger partial charge in [-0.2, -0.15) is 0 Å². The fourth-order valence-corrected chi connectivity index (χ4v) is 2.10. The Morgan fingerprint density at radius 1 is 1.22 bits per heavy atom. The molecule has 0 aliphatic carbocycles. The number of hydrazine groups is 1. The van der Waals surface area contributed by atoms with E-state index in [0.29, 0.717) is 0 Å². The second-order valence-electron chi connectivity index (χ2n) is 6.06. The summed E-state index contributed by atoms with van der Waals surface area (Å²) in [5, 5.41) is 1.13. The van der Waals surface area contributed by atoms with Gasteiger partial charge >= 0.3 is 0 Å². The first kappa shape index (κ1) is 12.8. The van der Waals surface area contributed by atoms with Crippen LogP contribution in [0.2, 0.25) is 0 Å². The number of hydrogen-bond acceptors (Lipinski definition) is 3. The molecule has 0 bridgehead atoms. The highest BCUT2D eigenvalue weighted by Gasteiger charge is 2.16. The lowest BCUT2D eigenvalue weighted by Gasteiger charge is -2.20. The second kappa shape index (κ2) is 4.58. The average Bonchev–Trinajstić information content (AvgIpc) is 2.26. The number of nitrogens with zero attached hydrogens (tertiary/aromatic N) is 1. The SMILES string of the molecule is Cc1ccc2nc(CC(C)(C)C)c(NN)cc2c1. The Morgan fingerprint density at radius 3 is 2.56 bits per heavy atom. The molecule has 0 saturated carbocycles. The van der Waals surface area contributed by atoms with Gasteiger partial charge in [0.15, 0.2) is 0 Å². The molecule has 96 valence electrons. The molecule has 0 fully saturated rings. The van der Waals surface area contributed by atoms with Crippen molar-refractivity contribution in [3.63, 3.8) is 0 Å². The number of fused-ring (bicyclic) bond motifs is 1. The fourth-order valence-electron chi connectivity index (χ4n) is 2.10. The maximum atomic E-state index is 5.61. The number of benzene rings is 1. The fraction of sp³-hybridized carbons (Fsp3) is 0.400. The van der Waals surface area contributed by atoms with E-state index in [9.17, 15) is 0 Å². The van der Waals surface area contributed by atoms with Gasteiger partial charge < -0.3 is 5.43 Å². The molecule has 0 aliphatic rings. The maximum Gasteiger partial charge on any atom is 0.0708 e. The molecule has 0 spiro atoms. The molecule has 0 unspecified atom stereocenters. The van der Waals surface area contributed by atoms with Crippen LogP contribution in [0.1, 0.15) is 32.0 Å². The van der Waals surface area contributed by atoms with Gasteiger partial charge in [0.05, 0.1) is 16.9 Å². The van der Waals surface area contributed by atoms with E-state index in [0.717, 1.165) is 28.7 Å². The molecule has 18 heavy (non-hydrogen) atoms. The Bertz CT molecular complexity index is 568. The predicted octanol–water partition coefficient (Wildman–Crippen LogP) is 3.42. The number of nitrogens with one attached hydrogen (secondary N) is 1.